The van der Waals surface area contributed by atoms with Crippen LogP contribution < -0.4 is 5.73 Å². The molecule has 0 radical (unpaired) electrons. The number of nitrogen functional groups attached to an aromatic ring is 1. The van der Waals surface area contributed by atoms with Gasteiger partial charge in [-0.3, -0.25) is 0 Å². The third-order valence-electron chi connectivity index (χ3n) is 2.59. The lowest BCUT2D eigenvalue weighted by Gasteiger charge is -2.08. The fourth-order valence-corrected chi connectivity index (χ4v) is 1.85. The van der Waals surface area contributed by atoms with Crippen molar-refractivity contribution in [2.75, 3.05) is 5.73 Å². The van der Waals surface area contributed by atoms with Gasteiger partial charge in [0.1, 0.15) is 12.4 Å². The highest BCUT2D eigenvalue weighted by molar-refractivity contribution is 6.31. The van der Waals surface area contributed by atoms with Gasteiger partial charge in [0.2, 0.25) is 0 Å². The molecule has 2 aromatic carbocycles. The maximum absolute atomic E-state index is 13.2. The molecule has 0 amide bonds. The minimum absolute atomic E-state index is 0.0131. The van der Waals surface area contributed by atoms with Crippen LogP contribution in [0.1, 0.15) is 15.9 Å². The summed E-state index contributed by atoms with van der Waals surface area (Å²) in [5, 5.41) is 0.392. The third kappa shape index (κ3) is 3.40. The smallest absolute Gasteiger partial charge is 0.340 e. The highest BCUT2D eigenvalue weighted by Gasteiger charge is 2.12. The van der Waals surface area contributed by atoms with E-state index < -0.39 is 11.8 Å². The zero-order valence-corrected chi connectivity index (χ0v) is 11.7. The normalized spacial score (nSPS) is 10.3. The van der Waals surface area contributed by atoms with E-state index in [9.17, 15) is 9.18 Å². The molecular weight excluding hydrogens is 304 g/mol. The Hall–Kier alpha value is -1.78. The van der Waals surface area contributed by atoms with Crippen molar-refractivity contribution in [1.82, 2.24) is 0 Å². The molecule has 2 aromatic rings. The second-order valence-corrected chi connectivity index (χ2v) is 4.90. The summed E-state index contributed by atoms with van der Waals surface area (Å²) >= 11 is 11.4. The van der Waals surface area contributed by atoms with Crippen molar-refractivity contribution in [1.29, 1.82) is 0 Å². The number of benzene rings is 2. The van der Waals surface area contributed by atoms with E-state index in [-0.39, 0.29) is 22.9 Å². The van der Waals surface area contributed by atoms with Gasteiger partial charge in [0.15, 0.2) is 0 Å². The molecular formula is C14H10Cl2FNO2. The van der Waals surface area contributed by atoms with Gasteiger partial charge in [-0.2, -0.15) is 0 Å². The van der Waals surface area contributed by atoms with Crippen molar-refractivity contribution in [3.63, 3.8) is 0 Å². The highest BCUT2D eigenvalue weighted by atomic mass is 35.5. The van der Waals surface area contributed by atoms with Gasteiger partial charge < -0.3 is 10.5 Å². The lowest BCUT2D eigenvalue weighted by molar-refractivity contribution is 0.0473. The standard InChI is InChI=1S/C14H10Cl2FNO2/c15-9-2-4-13(18)10(6-9)14(19)20-7-8-1-3-11(16)12(17)5-8/h1-6H,7,18H2. The minimum Gasteiger partial charge on any atom is -0.457 e. The summed E-state index contributed by atoms with van der Waals surface area (Å²) in [4.78, 5) is 11.9. The first-order valence-electron chi connectivity index (χ1n) is 5.63. The van der Waals surface area contributed by atoms with Gasteiger partial charge in [0.25, 0.3) is 0 Å². The Morgan fingerprint density at radius 3 is 2.65 bits per heavy atom. The number of halogens is 3. The summed E-state index contributed by atoms with van der Waals surface area (Å²) in [6, 6.07) is 8.68. The molecule has 0 aliphatic rings. The summed E-state index contributed by atoms with van der Waals surface area (Å²) < 4.78 is 18.3. The van der Waals surface area contributed by atoms with Gasteiger partial charge in [-0.25, -0.2) is 9.18 Å². The molecule has 0 saturated heterocycles. The lowest BCUT2D eigenvalue weighted by atomic mass is 10.2. The first kappa shape index (κ1) is 14.6. The van der Waals surface area contributed by atoms with Crippen molar-refractivity contribution in [3.8, 4) is 0 Å². The van der Waals surface area contributed by atoms with Crippen molar-refractivity contribution in [2.24, 2.45) is 0 Å². The summed E-state index contributed by atoms with van der Waals surface area (Å²) in [5.74, 6) is -1.19. The molecule has 20 heavy (non-hydrogen) atoms. The molecule has 2 N–H and O–H groups in total. The number of anilines is 1. The Kier molecular flexibility index (Phi) is 4.47. The molecule has 0 aromatic heterocycles. The average molecular weight is 314 g/mol. The zero-order valence-electron chi connectivity index (χ0n) is 10.2. The molecule has 0 bridgehead atoms. The quantitative estimate of drug-likeness (QED) is 0.686. The number of rotatable bonds is 3. The van der Waals surface area contributed by atoms with Crippen molar-refractivity contribution < 1.29 is 13.9 Å². The van der Waals surface area contributed by atoms with E-state index in [1.807, 2.05) is 0 Å². The fraction of sp³-hybridized carbons (Fsp3) is 0.0714. The van der Waals surface area contributed by atoms with Crippen LogP contribution in [0, 0.1) is 5.82 Å². The average Bonchev–Trinajstić information content (AvgIpc) is 2.42. The Balaban J connectivity index is 2.08. The Morgan fingerprint density at radius 2 is 1.95 bits per heavy atom. The lowest BCUT2D eigenvalue weighted by Crippen LogP contribution is -2.08. The zero-order chi connectivity index (χ0) is 14.7. The number of carbonyl (C=O) groups excluding carboxylic acids is 1. The second kappa shape index (κ2) is 6.11. The van der Waals surface area contributed by atoms with E-state index in [1.54, 1.807) is 12.1 Å². The summed E-state index contributed by atoms with van der Waals surface area (Å²) in [6.45, 7) is -0.0844. The molecule has 0 heterocycles. The maximum atomic E-state index is 13.2. The molecule has 0 aliphatic carbocycles. The molecule has 0 aliphatic heterocycles. The number of ether oxygens (including phenoxy) is 1. The summed E-state index contributed by atoms with van der Waals surface area (Å²) in [6.07, 6.45) is 0. The third-order valence-corrected chi connectivity index (χ3v) is 3.13. The van der Waals surface area contributed by atoms with Crippen LogP contribution in [-0.2, 0) is 11.3 Å². The van der Waals surface area contributed by atoms with Crippen LogP contribution in [0.3, 0.4) is 0 Å². The first-order chi connectivity index (χ1) is 9.47. The van der Waals surface area contributed by atoms with Gasteiger partial charge in [-0.1, -0.05) is 29.3 Å². The van der Waals surface area contributed by atoms with Crippen molar-refractivity contribution >= 4 is 34.9 Å². The van der Waals surface area contributed by atoms with E-state index in [0.717, 1.165) is 0 Å². The van der Waals surface area contributed by atoms with Gasteiger partial charge in [-0.05, 0) is 35.9 Å². The Labute approximate surface area is 125 Å². The van der Waals surface area contributed by atoms with Crippen LogP contribution in [0.15, 0.2) is 36.4 Å². The molecule has 0 unspecified atom stereocenters. The Morgan fingerprint density at radius 1 is 1.20 bits per heavy atom. The molecule has 0 atom stereocenters. The maximum Gasteiger partial charge on any atom is 0.340 e. The van der Waals surface area contributed by atoms with Crippen LogP contribution in [0.2, 0.25) is 10.0 Å². The number of hydrogen-bond acceptors (Lipinski definition) is 3. The molecule has 0 fully saturated rings. The van der Waals surface area contributed by atoms with Crippen LogP contribution in [-0.4, -0.2) is 5.97 Å². The molecule has 0 saturated carbocycles. The molecule has 3 nitrogen and oxygen atoms in total. The van der Waals surface area contributed by atoms with Crippen LogP contribution in [0.4, 0.5) is 10.1 Å². The van der Waals surface area contributed by atoms with E-state index in [2.05, 4.69) is 0 Å². The van der Waals surface area contributed by atoms with Crippen molar-refractivity contribution in [3.05, 3.63) is 63.4 Å². The minimum atomic E-state index is -0.625. The van der Waals surface area contributed by atoms with Crippen LogP contribution in [0.5, 0.6) is 0 Å². The van der Waals surface area contributed by atoms with Gasteiger partial charge in [0.05, 0.1) is 10.6 Å². The van der Waals surface area contributed by atoms with Crippen LogP contribution in [0.25, 0.3) is 0 Å². The predicted molar refractivity (Wildman–Crippen MR) is 76.4 cm³/mol. The van der Waals surface area contributed by atoms with E-state index in [0.29, 0.717) is 10.6 Å². The van der Waals surface area contributed by atoms with Gasteiger partial charge >= 0.3 is 5.97 Å². The topological polar surface area (TPSA) is 52.3 Å². The molecule has 2 rings (SSSR count). The summed E-state index contributed by atoms with van der Waals surface area (Å²) in [5.41, 5.74) is 6.59. The highest BCUT2D eigenvalue weighted by Crippen LogP contribution is 2.20. The molecule has 104 valence electrons. The number of hydrogen-bond donors (Lipinski definition) is 1. The molecule has 6 heteroatoms. The number of carbonyl (C=O) groups is 1. The van der Waals surface area contributed by atoms with E-state index in [4.69, 9.17) is 33.7 Å². The second-order valence-electron chi connectivity index (χ2n) is 4.06. The first-order valence-corrected chi connectivity index (χ1v) is 6.39. The van der Waals surface area contributed by atoms with E-state index in [1.165, 1.54) is 24.3 Å². The number of esters is 1. The fourth-order valence-electron chi connectivity index (χ4n) is 1.56. The predicted octanol–water partition coefficient (Wildman–Crippen LogP) is 4.07. The van der Waals surface area contributed by atoms with E-state index >= 15 is 0 Å². The SMILES string of the molecule is Nc1ccc(Cl)cc1C(=O)OCc1ccc(Cl)c(F)c1. The van der Waals surface area contributed by atoms with Crippen LogP contribution >= 0.6 is 23.2 Å². The number of nitrogens with two attached hydrogens (primary N) is 1. The largest absolute Gasteiger partial charge is 0.457 e. The van der Waals surface area contributed by atoms with Crippen molar-refractivity contribution in [2.45, 2.75) is 6.61 Å². The van der Waals surface area contributed by atoms with Gasteiger partial charge in [0, 0.05) is 10.7 Å². The summed E-state index contributed by atoms with van der Waals surface area (Å²) in [7, 11) is 0. The molecule has 0 spiro atoms. The van der Waals surface area contributed by atoms with Gasteiger partial charge in [-0.15, -0.1) is 0 Å². The monoisotopic (exact) mass is 313 g/mol. The Bertz CT molecular complexity index is 662.